The molecule has 0 unspecified atom stereocenters. The molecule has 0 radical (unpaired) electrons. The fourth-order valence-electron chi connectivity index (χ4n) is 3.12. The van der Waals surface area contributed by atoms with Crippen molar-refractivity contribution >= 4 is 17.6 Å². The van der Waals surface area contributed by atoms with E-state index in [1.165, 1.54) is 0 Å². The van der Waals surface area contributed by atoms with Gasteiger partial charge in [-0.25, -0.2) is 4.79 Å². The number of para-hydroxylation sites is 2. The van der Waals surface area contributed by atoms with Crippen LogP contribution in [-0.2, 0) is 16.0 Å². The van der Waals surface area contributed by atoms with E-state index in [2.05, 4.69) is 0 Å². The zero-order chi connectivity index (χ0) is 17.8. The zero-order valence-electron chi connectivity index (χ0n) is 14.4. The molecule has 2 aromatic rings. The number of ether oxygens (including phenoxy) is 2. The Morgan fingerprint density at radius 1 is 1.12 bits per heavy atom. The lowest BCUT2D eigenvalue weighted by atomic mass is 10.1. The van der Waals surface area contributed by atoms with Crippen LogP contribution < -0.4 is 9.64 Å². The third kappa shape index (κ3) is 3.50. The normalized spacial score (nSPS) is 15.6. The number of nitrogens with zero attached hydrogens (tertiary/aromatic N) is 1. The maximum atomic E-state index is 12.7. The van der Waals surface area contributed by atoms with Gasteiger partial charge >= 0.3 is 5.97 Å². The minimum absolute atomic E-state index is 0.0915. The van der Waals surface area contributed by atoms with E-state index in [0.29, 0.717) is 11.3 Å². The van der Waals surface area contributed by atoms with Gasteiger partial charge in [0.1, 0.15) is 11.3 Å². The molecule has 0 saturated heterocycles. The SMILES string of the molecule is CCOC(=O)c1ccccc1OCC(=O)N1c2ccccc2C[C@H]1C. The number of amides is 1. The smallest absolute Gasteiger partial charge is 0.341 e. The number of carbonyl (C=O) groups is 2. The summed E-state index contributed by atoms with van der Waals surface area (Å²) in [4.78, 5) is 26.4. The van der Waals surface area contributed by atoms with E-state index < -0.39 is 5.97 Å². The fourth-order valence-corrected chi connectivity index (χ4v) is 3.12. The van der Waals surface area contributed by atoms with E-state index in [0.717, 1.165) is 17.7 Å². The summed E-state index contributed by atoms with van der Waals surface area (Å²) in [5.41, 5.74) is 2.42. The van der Waals surface area contributed by atoms with Crippen LogP contribution in [0.2, 0.25) is 0 Å². The number of rotatable bonds is 5. The molecule has 5 heteroatoms. The Balaban J connectivity index is 1.73. The van der Waals surface area contributed by atoms with Crippen LogP contribution in [0.4, 0.5) is 5.69 Å². The van der Waals surface area contributed by atoms with E-state index in [-0.39, 0.29) is 25.2 Å². The number of fused-ring (bicyclic) bond motifs is 1. The monoisotopic (exact) mass is 339 g/mol. The molecular weight excluding hydrogens is 318 g/mol. The van der Waals surface area contributed by atoms with Crippen molar-refractivity contribution in [3.8, 4) is 5.75 Å². The highest BCUT2D eigenvalue weighted by molar-refractivity contribution is 5.97. The van der Waals surface area contributed by atoms with E-state index in [1.54, 1.807) is 36.1 Å². The lowest BCUT2D eigenvalue weighted by molar-refractivity contribution is -0.120. The Bertz CT molecular complexity index is 787. The van der Waals surface area contributed by atoms with E-state index in [4.69, 9.17) is 9.47 Å². The van der Waals surface area contributed by atoms with E-state index in [1.807, 2.05) is 31.2 Å². The second kappa shape index (κ2) is 7.38. The van der Waals surface area contributed by atoms with Gasteiger partial charge in [0.2, 0.25) is 0 Å². The number of carbonyl (C=O) groups excluding carboxylic acids is 2. The number of anilines is 1. The summed E-state index contributed by atoms with van der Waals surface area (Å²) in [6, 6.07) is 14.8. The van der Waals surface area contributed by atoms with E-state index >= 15 is 0 Å². The lowest BCUT2D eigenvalue weighted by Gasteiger charge is -2.23. The molecule has 0 bridgehead atoms. The van der Waals surface area contributed by atoms with Gasteiger partial charge in [-0.2, -0.15) is 0 Å². The Labute approximate surface area is 147 Å². The first-order valence-electron chi connectivity index (χ1n) is 8.40. The molecular formula is C20H21NO4. The number of hydrogen-bond donors (Lipinski definition) is 0. The van der Waals surface area contributed by atoms with Crippen LogP contribution in [0.15, 0.2) is 48.5 Å². The van der Waals surface area contributed by atoms with Crippen LogP contribution >= 0.6 is 0 Å². The molecule has 0 spiro atoms. The zero-order valence-corrected chi connectivity index (χ0v) is 14.4. The molecule has 1 aliphatic rings. The highest BCUT2D eigenvalue weighted by Crippen LogP contribution is 2.32. The first kappa shape index (κ1) is 17.0. The summed E-state index contributed by atoms with van der Waals surface area (Å²) in [5, 5.41) is 0. The minimum Gasteiger partial charge on any atom is -0.483 e. The Hall–Kier alpha value is -2.82. The summed E-state index contributed by atoms with van der Waals surface area (Å²) in [7, 11) is 0. The molecule has 3 rings (SSSR count). The van der Waals surface area contributed by atoms with Crippen LogP contribution in [0.1, 0.15) is 29.8 Å². The molecule has 0 N–H and O–H groups in total. The van der Waals surface area contributed by atoms with Crippen LogP contribution in [0.25, 0.3) is 0 Å². The van der Waals surface area contributed by atoms with Crippen molar-refractivity contribution in [1.29, 1.82) is 0 Å². The second-order valence-electron chi connectivity index (χ2n) is 5.95. The van der Waals surface area contributed by atoms with Gasteiger partial charge in [0.15, 0.2) is 6.61 Å². The highest BCUT2D eigenvalue weighted by Gasteiger charge is 2.30. The van der Waals surface area contributed by atoms with Gasteiger partial charge in [-0.1, -0.05) is 30.3 Å². The van der Waals surface area contributed by atoms with Crippen LogP contribution in [0, 0.1) is 0 Å². The standard InChI is InChI=1S/C20H21NO4/c1-3-24-20(23)16-9-5-7-11-18(16)25-13-19(22)21-14(2)12-15-8-4-6-10-17(15)21/h4-11,14H,3,12-13H2,1-2H3/t14-/m1/s1. The van der Waals surface area contributed by atoms with Crippen LogP contribution in [0.5, 0.6) is 5.75 Å². The molecule has 0 aromatic heterocycles. The van der Waals surface area contributed by atoms with Crippen molar-refractivity contribution in [3.63, 3.8) is 0 Å². The molecule has 2 aromatic carbocycles. The first-order valence-corrected chi connectivity index (χ1v) is 8.40. The summed E-state index contributed by atoms with van der Waals surface area (Å²) < 4.78 is 10.7. The second-order valence-corrected chi connectivity index (χ2v) is 5.95. The molecule has 1 heterocycles. The van der Waals surface area contributed by atoms with Crippen molar-refractivity contribution < 1.29 is 19.1 Å². The Morgan fingerprint density at radius 3 is 2.64 bits per heavy atom. The number of esters is 1. The predicted molar refractivity (Wildman–Crippen MR) is 95.0 cm³/mol. The van der Waals surface area contributed by atoms with Gasteiger partial charge < -0.3 is 14.4 Å². The molecule has 1 amide bonds. The molecule has 130 valence electrons. The van der Waals surface area contributed by atoms with Gasteiger partial charge in [-0.15, -0.1) is 0 Å². The quantitative estimate of drug-likeness (QED) is 0.785. The summed E-state index contributed by atoms with van der Waals surface area (Å²) >= 11 is 0. The summed E-state index contributed by atoms with van der Waals surface area (Å²) in [6.07, 6.45) is 0.835. The van der Waals surface area contributed by atoms with Crippen molar-refractivity contribution in [2.45, 2.75) is 26.3 Å². The van der Waals surface area contributed by atoms with Gasteiger partial charge in [0, 0.05) is 11.7 Å². The summed E-state index contributed by atoms with van der Waals surface area (Å²) in [6.45, 7) is 3.92. The molecule has 0 fully saturated rings. The largest absolute Gasteiger partial charge is 0.483 e. The molecule has 1 aliphatic heterocycles. The third-order valence-electron chi connectivity index (χ3n) is 4.21. The number of hydrogen-bond acceptors (Lipinski definition) is 4. The van der Waals surface area contributed by atoms with E-state index in [9.17, 15) is 9.59 Å². The lowest BCUT2D eigenvalue weighted by Crippen LogP contribution is -2.39. The van der Waals surface area contributed by atoms with Crippen molar-refractivity contribution in [2.75, 3.05) is 18.1 Å². The maximum Gasteiger partial charge on any atom is 0.341 e. The van der Waals surface area contributed by atoms with Crippen molar-refractivity contribution in [3.05, 3.63) is 59.7 Å². The Morgan fingerprint density at radius 2 is 1.84 bits per heavy atom. The average Bonchev–Trinajstić information content (AvgIpc) is 2.96. The topological polar surface area (TPSA) is 55.8 Å². The summed E-state index contributed by atoms with van der Waals surface area (Å²) in [5.74, 6) is -0.226. The molecule has 1 atom stereocenters. The van der Waals surface area contributed by atoms with Gasteiger partial charge in [0.25, 0.3) is 5.91 Å². The molecule has 0 aliphatic carbocycles. The number of benzene rings is 2. The van der Waals surface area contributed by atoms with Crippen molar-refractivity contribution in [2.24, 2.45) is 0 Å². The Kier molecular flexibility index (Phi) is 5.03. The van der Waals surface area contributed by atoms with Crippen LogP contribution in [0.3, 0.4) is 0 Å². The molecule has 5 nitrogen and oxygen atoms in total. The van der Waals surface area contributed by atoms with Crippen LogP contribution in [-0.4, -0.2) is 31.1 Å². The molecule has 25 heavy (non-hydrogen) atoms. The average molecular weight is 339 g/mol. The first-order chi connectivity index (χ1) is 12.1. The van der Waals surface area contributed by atoms with Gasteiger partial charge in [-0.3, -0.25) is 4.79 Å². The third-order valence-corrected chi connectivity index (χ3v) is 4.21. The maximum absolute atomic E-state index is 12.7. The highest BCUT2D eigenvalue weighted by atomic mass is 16.5. The fraction of sp³-hybridized carbons (Fsp3) is 0.300. The van der Waals surface area contributed by atoms with Gasteiger partial charge in [-0.05, 0) is 44.0 Å². The molecule has 0 saturated carbocycles. The van der Waals surface area contributed by atoms with Gasteiger partial charge in [0.05, 0.1) is 6.61 Å². The predicted octanol–water partition coefficient (Wildman–Crippen LogP) is 3.22. The van der Waals surface area contributed by atoms with Crippen molar-refractivity contribution in [1.82, 2.24) is 0 Å². The minimum atomic E-state index is -0.453.